The quantitative estimate of drug-likeness (QED) is 0.508. The molecule has 0 atom stereocenters. The normalized spacial score (nSPS) is 10.7. The lowest BCUT2D eigenvalue weighted by molar-refractivity contribution is -0.124. The van der Waals surface area contributed by atoms with Gasteiger partial charge in [-0.25, -0.2) is 5.48 Å². The fourth-order valence-electron chi connectivity index (χ4n) is 1.96. The van der Waals surface area contributed by atoms with E-state index >= 15 is 0 Å². The number of carbonyl (C=O) groups excluding carboxylic acids is 1. The summed E-state index contributed by atoms with van der Waals surface area (Å²) < 4.78 is 0. The number of hydrogen-bond donors (Lipinski definition) is 2. The summed E-state index contributed by atoms with van der Waals surface area (Å²) in [5, 5.41) is 8.43. The standard InChI is InChI=1S/C17H17NO2/c1-13-5-7-15(8-6-13)12-16-4-2-3-14(11-16)9-10-17(19)18-20/h2-11,20H,12H2,1H3,(H,18,19)/b10-9+. The minimum atomic E-state index is -0.533. The molecular weight excluding hydrogens is 250 g/mol. The first kappa shape index (κ1) is 14.0. The van der Waals surface area contributed by atoms with E-state index in [2.05, 4.69) is 37.3 Å². The molecule has 0 aliphatic rings. The van der Waals surface area contributed by atoms with E-state index in [0.29, 0.717) is 0 Å². The molecule has 0 unspecified atom stereocenters. The zero-order valence-electron chi connectivity index (χ0n) is 11.3. The zero-order chi connectivity index (χ0) is 14.4. The Morgan fingerprint density at radius 3 is 2.60 bits per heavy atom. The van der Waals surface area contributed by atoms with Gasteiger partial charge in [-0.1, -0.05) is 54.1 Å². The van der Waals surface area contributed by atoms with Crippen LogP contribution in [0.1, 0.15) is 22.3 Å². The maximum Gasteiger partial charge on any atom is 0.267 e. The molecule has 0 spiro atoms. The van der Waals surface area contributed by atoms with Gasteiger partial charge in [0.25, 0.3) is 5.91 Å². The number of amides is 1. The first-order valence-electron chi connectivity index (χ1n) is 6.44. The monoisotopic (exact) mass is 267 g/mol. The van der Waals surface area contributed by atoms with Gasteiger partial charge in [0.1, 0.15) is 0 Å². The maximum atomic E-state index is 10.9. The Balaban J connectivity index is 2.11. The van der Waals surface area contributed by atoms with Crippen LogP contribution in [0.25, 0.3) is 6.08 Å². The Kier molecular flexibility index (Phi) is 4.69. The van der Waals surface area contributed by atoms with Gasteiger partial charge >= 0.3 is 0 Å². The van der Waals surface area contributed by atoms with Gasteiger partial charge in [-0.3, -0.25) is 10.0 Å². The molecule has 102 valence electrons. The average molecular weight is 267 g/mol. The van der Waals surface area contributed by atoms with Crippen LogP contribution in [0.4, 0.5) is 0 Å². The van der Waals surface area contributed by atoms with Crippen molar-refractivity contribution >= 4 is 12.0 Å². The molecule has 0 radical (unpaired) electrons. The Morgan fingerprint density at radius 2 is 1.90 bits per heavy atom. The number of rotatable bonds is 4. The molecule has 2 N–H and O–H groups in total. The minimum Gasteiger partial charge on any atom is -0.288 e. The molecule has 0 aliphatic heterocycles. The van der Waals surface area contributed by atoms with Crippen LogP contribution in [0.15, 0.2) is 54.6 Å². The molecule has 20 heavy (non-hydrogen) atoms. The molecular formula is C17H17NO2. The summed E-state index contributed by atoms with van der Waals surface area (Å²) >= 11 is 0. The van der Waals surface area contributed by atoms with Crippen LogP contribution in [0.5, 0.6) is 0 Å². The maximum absolute atomic E-state index is 10.9. The Labute approximate surface area is 118 Å². The molecule has 0 saturated heterocycles. The van der Waals surface area contributed by atoms with Crippen LogP contribution in [0, 0.1) is 6.92 Å². The number of aryl methyl sites for hydroxylation is 1. The first-order valence-corrected chi connectivity index (χ1v) is 6.44. The molecule has 2 rings (SSSR count). The summed E-state index contributed by atoms with van der Waals surface area (Å²) in [6, 6.07) is 16.4. The predicted octanol–water partition coefficient (Wildman–Crippen LogP) is 3.10. The average Bonchev–Trinajstić information content (AvgIpc) is 2.47. The van der Waals surface area contributed by atoms with Crippen LogP contribution in [0.3, 0.4) is 0 Å². The molecule has 0 heterocycles. The van der Waals surface area contributed by atoms with E-state index in [1.165, 1.54) is 22.8 Å². The number of hydrogen-bond acceptors (Lipinski definition) is 2. The van der Waals surface area contributed by atoms with Crippen molar-refractivity contribution in [2.45, 2.75) is 13.3 Å². The molecule has 1 amide bonds. The largest absolute Gasteiger partial charge is 0.288 e. The molecule has 0 aromatic heterocycles. The second-order valence-corrected chi connectivity index (χ2v) is 4.72. The van der Waals surface area contributed by atoms with Gasteiger partial charge in [0.2, 0.25) is 0 Å². The number of hydroxylamine groups is 1. The Morgan fingerprint density at radius 1 is 1.15 bits per heavy atom. The summed E-state index contributed by atoms with van der Waals surface area (Å²) in [5.41, 5.74) is 6.18. The number of carbonyl (C=O) groups is 1. The molecule has 0 aliphatic carbocycles. The summed E-state index contributed by atoms with van der Waals surface area (Å²) in [5.74, 6) is -0.533. The van der Waals surface area contributed by atoms with Crippen molar-refractivity contribution < 1.29 is 10.0 Å². The SMILES string of the molecule is Cc1ccc(Cc2cccc(/C=C/C(=O)NO)c2)cc1. The van der Waals surface area contributed by atoms with E-state index in [4.69, 9.17) is 5.21 Å². The van der Waals surface area contributed by atoms with Gasteiger partial charge in [0.15, 0.2) is 0 Å². The summed E-state index contributed by atoms with van der Waals surface area (Å²) in [4.78, 5) is 10.9. The van der Waals surface area contributed by atoms with E-state index in [-0.39, 0.29) is 0 Å². The third-order valence-electron chi connectivity index (χ3n) is 3.02. The molecule has 3 heteroatoms. The third-order valence-corrected chi connectivity index (χ3v) is 3.02. The van der Waals surface area contributed by atoms with E-state index in [9.17, 15) is 4.79 Å². The van der Waals surface area contributed by atoms with Gasteiger partial charge in [0, 0.05) is 6.08 Å². The van der Waals surface area contributed by atoms with E-state index in [1.807, 2.05) is 18.2 Å². The summed E-state index contributed by atoms with van der Waals surface area (Å²) in [6.07, 6.45) is 3.82. The second-order valence-electron chi connectivity index (χ2n) is 4.72. The number of benzene rings is 2. The van der Waals surface area contributed by atoms with Gasteiger partial charge in [-0.2, -0.15) is 0 Å². The Bertz CT molecular complexity index is 615. The molecule has 2 aromatic rings. The van der Waals surface area contributed by atoms with Crippen molar-refractivity contribution in [3.8, 4) is 0 Å². The van der Waals surface area contributed by atoms with Crippen molar-refractivity contribution in [3.63, 3.8) is 0 Å². The van der Waals surface area contributed by atoms with Crippen molar-refractivity contribution in [3.05, 3.63) is 76.9 Å². The smallest absolute Gasteiger partial charge is 0.267 e. The minimum absolute atomic E-state index is 0.533. The first-order chi connectivity index (χ1) is 9.67. The second kappa shape index (κ2) is 6.68. The highest BCUT2D eigenvalue weighted by atomic mass is 16.5. The Hall–Kier alpha value is -2.39. The van der Waals surface area contributed by atoms with Crippen molar-refractivity contribution in [1.82, 2.24) is 5.48 Å². The molecule has 2 aromatic carbocycles. The lowest BCUT2D eigenvalue weighted by Crippen LogP contribution is -2.14. The molecule has 0 bridgehead atoms. The summed E-state index contributed by atoms with van der Waals surface area (Å²) in [7, 11) is 0. The van der Waals surface area contributed by atoms with Gasteiger partial charge in [0.05, 0.1) is 0 Å². The lowest BCUT2D eigenvalue weighted by atomic mass is 10.0. The van der Waals surface area contributed by atoms with Crippen LogP contribution in [-0.2, 0) is 11.2 Å². The van der Waals surface area contributed by atoms with E-state index < -0.39 is 5.91 Å². The van der Waals surface area contributed by atoms with Gasteiger partial charge < -0.3 is 0 Å². The highest BCUT2D eigenvalue weighted by Gasteiger charge is 1.98. The van der Waals surface area contributed by atoms with Crippen LogP contribution in [-0.4, -0.2) is 11.1 Å². The van der Waals surface area contributed by atoms with Gasteiger partial charge in [-0.15, -0.1) is 0 Å². The molecule has 0 fully saturated rings. The zero-order valence-corrected chi connectivity index (χ0v) is 11.3. The molecule has 3 nitrogen and oxygen atoms in total. The fraction of sp³-hybridized carbons (Fsp3) is 0.118. The highest BCUT2D eigenvalue weighted by molar-refractivity contribution is 5.90. The van der Waals surface area contributed by atoms with Gasteiger partial charge in [-0.05, 0) is 36.1 Å². The van der Waals surface area contributed by atoms with Crippen molar-refractivity contribution in [1.29, 1.82) is 0 Å². The van der Waals surface area contributed by atoms with Crippen LogP contribution in [0.2, 0.25) is 0 Å². The van der Waals surface area contributed by atoms with Crippen molar-refractivity contribution in [2.24, 2.45) is 0 Å². The summed E-state index contributed by atoms with van der Waals surface area (Å²) in [6.45, 7) is 2.07. The number of nitrogens with one attached hydrogen (secondary N) is 1. The molecule has 0 saturated carbocycles. The van der Waals surface area contributed by atoms with E-state index in [0.717, 1.165) is 12.0 Å². The third kappa shape index (κ3) is 4.07. The van der Waals surface area contributed by atoms with Crippen molar-refractivity contribution in [2.75, 3.05) is 0 Å². The topological polar surface area (TPSA) is 49.3 Å². The van der Waals surface area contributed by atoms with E-state index in [1.54, 1.807) is 11.6 Å². The predicted molar refractivity (Wildman–Crippen MR) is 79.4 cm³/mol. The highest BCUT2D eigenvalue weighted by Crippen LogP contribution is 2.13. The fourth-order valence-corrected chi connectivity index (χ4v) is 1.96. The van der Waals surface area contributed by atoms with Crippen LogP contribution >= 0.6 is 0 Å². The lowest BCUT2D eigenvalue weighted by Gasteiger charge is -2.04. The van der Waals surface area contributed by atoms with Crippen LogP contribution < -0.4 is 5.48 Å².